The molecule has 0 bridgehead atoms. The van der Waals surface area contributed by atoms with E-state index in [-0.39, 0.29) is 0 Å². The van der Waals surface area contributed by atoms with Crippen molar-refractivity contribution in [2.45, 2.75) is 0 Å². The summed E-state index contributed by atoms with van der Waals surface area (Å²) in [4.78, 5) is 11.3. The average molecular weight is 1380 g/mol. The fraction of sp³-hybridized carbons (Fsp3) is 0. The van der Waals surface area contributed by atoms with Gasteiger partial charge in [-0.05, 0) is 161 Å². The van der Waals surface area contributed by atoms with Gasteiger partial charge in [-0.15, -0.1) is 0 Å². The van der Waals surface area contributed by atoms with E-state index >= 15 is 0 Å². The molecular formula is C101H67N7. The van der Waals surface area contributed by atoms with Crippen molar-refractivity contribution in [1.29, 1.82) is 0 Å². The normalized spacial score (nSPS) is 11.7. The Morgan fingerprint density at radius 1 is 0.185 bits per heavy atom. The molecule has 7 heteroatoms. The smallest absolute Gasteiger partial charge is 0.165 e. The lowest BCUT2D eigenvalue weighted by Crippen LogP contribution is -2.14. The number of para-hydroxylation sites is 10. The van der Waals surface area contributed by atoms with Crippen LogP contribution in [0.1, 0.15) is 0 Å². The highest BCUT2D eigenvalue weighted by atomic mass is 15.2. The van der Waals surface area contributed by atoms with E-state index in [1.165, 1.54) is 0 Å². The number of anilines is 6. The molecule has 7 nitrogen and oxygen atoms in total. The number of rotatable bonds is 14. The molecule has 5 aromatic heterocycles. The quantitative estimate of drug-likeness (QED) is 0.109. The first-order valence-corrected chi connectivity index (χ1v) is 36.9. The van der Waals surface area contributed by atoms with Crippen LogP contribution in [0.3, 0.4) is 0 Å². The van der Waals surface area contributed by atoms with Gasteiger partial charge in [0.05, 0.1) is 49.8 Å². The van der Waals surface area contributed by atoms with E-state index in [0.717, 1.165) is 189 Å². The van der Waals surface area contributed by atoms with Crippen LogP contribution < -0.4 is 9.80 Å². The summed E-state index contributed by atoms with van der Waals surface area (Å²) in [5.74, 6) is 1.58. The third-order valence-corrected chi connectivity index (χ3v) is 21.7. The van der Waals surface area contributed by atoms with Crippen molar-refractivity contribution in [2.75, 3.05) is 9.80 Å². The molecule has 0 aliphatic carbocycles. The first kappa shape index (κ1) is 62.1. The molecule has 0 aliphatic rings. The van der Waals surface area contributed by atoms with Crippen LogP contribution in [-0.4, -0.2) is 23.3 Å². The number of pyridine rings is 1. The molecule has 0 saturated heterocycles. The van der Waals surface area contributed by atoms with Gasteiger partial charge in [-0.3, -0.25) is 9.13 Å². The fourth-order valence-corrected chi connectivity index (χ4v) is 17.1. The third-order valence-electron chi connectivity index (χ3n) is 21.7. The highest BCUT2D eigenvalue weighted by Gasteiger charge is 2.34. The molecule has 0 amide bonds. The minimum absolute atomic E-state index is 0.785. The van der Waals surface area contributed by atoms with Gasteiger partial charge in [0, 0.05) is 99.6 Å². The van der Waals surface area contributed by atoms with Crippen LogP contribution in [0.2, 0.25) is 0 Å². The predicted octanol–water partition coefficient (Wildman–Crippen LogP) is 27.1. The van der Waals surface area contributed by atoms with Gasteiger partial charge >= 0.3 is 0 Å². The van der Waals surface area contributed by atoms with Gasteiger partial charge in [-0.25, -0.2) is 4.98 Å². The topological polar surface area (TPSA) is 39.1 Å². The number of benzene rings is 16. The SMILES string of the molecule is c1ccc(-c2cccc(-c3ccccc3)c2-c2c(-c3ccc(-n4c5ccc(N(c6ccccc6)c6ccccc6)cc5c5cc(N(c6ccccc6)c6ccccc6)ccc54)cc3)c(-n3c4ccccc4c4ccccc43)nc(-n3c4ccccc4c4ccccc43)c2-n2c3ccccc3c3ccccc32)cc1. The van der Waals surface area contributed by atoms with Crippen LogP contribution in [0.25, 0.3) is 155 Å². The van der Waals surface area contributed by atoms with Crippen molar-refractivity contribution in [3.63, 3.8) is 0 Å². The van der Waals surface area contributed by atoms with Crippen LogP contribution in [0.15, 0.2) is 406 Å². The van der Waals surface area contributed by atoms with Crippen molar-refractivity contribution >= 4 is 121 Å². The summed E-state index contributed by atoms with van der Waals surface area (Å²) >= 11 is 0. The summed E-state index contributed by atoms with van der Waals surface area (Å²) < 4.78 is 9.93. The molecule has 0 atom stereocenters. The Bertz CT molecular complexity index is 6580. The Morgan fingerprint density at radius 3 is 0.852 bits per heavy atom. The number of hydrogen-bond acceptors (Lipinski definition) is 3. The zero-order valence-corrected chi connectivity index (χ0v) is 58.8. The second kappa shape index (κ2) is 25.7. The Kier molecular flexibility index (Phi) is 14.8. The molecule has 0 saturated carbocycles. The molecule has 506 valence electrons. The fourth-order valence-electron chi connectivity index (χ4n) is 17.1. The molecule has 0 fully saturated rings. The van der Waals surface area contributed by atoms with E-state index in [2.05, 4.69) is 435 Å². The molecule has 0 unspecified atom stereocenters. The summed E-state index contributed by atoms with van der Waals surface area (Å²) in [6.07, 6.45) is 0. The standard InChI is InChI=1S/C101H67N7/c1-7-32-68(33-8-1)78-50-31-51-79(69-34-9-2-10-35-69)97(78)98-96(70-58-60-75(61-59-70)105-94-64-62-76(103(71-36-11-3-12-37-71)72-38-13-4-14-39-72)66-86(94)87-67-77(63-65-95(87)105)104(73-40-15-5-16-41-73)74-42-17-6-18-43-74)100(107-90-54-27-21-46-82(90)83-47-22-28-55-91(83)107)102-101(108-92-56-29-23-48-84(92)85-49-24-30-57-93(85)108)99(98)106-88-52-25-19-44-80(88)81-45-20-26-53-89(81)106/h1-67H. The van der Waals surface area contributed by atoms with Crippen LogP contribution in [0.4, 0.5) is 34.1 Å². The van der Waals surface area contributed by atoms with Crippen molar-refractivity contribution in [2.24, 2.45) is 0 Å². The first-order valence-electron chi connectivity index (χ1n) is 36.9. The van der Waals surface area contributed by atoms with Crippen LogP contribution in [0.5, 0.6) is 0 Å². The van der Waals surface area contributed by atoms with Crippen molar-refractivity contribution in [1.82, 2.24) is 23.3 Å². The van der Waals surface area contributed by atoms with E-state index in [0.29, 0.717) is 0 Å². The molecular weight excluding hydrogens is 1310 g/mol. The predicted molar refractivity (Wildman–Crippen MR) is 453 cm³/mol. The lowest BCUT2D eigenvalue weighted by molar-refractivity contribution is 0.987. The highest BCUT2D eigenvalue weighted by Crippen LogP contribution is 2.54. The summed E-state index contributed by atoms with van der Waals surface area (Å²) in [7, 11) is 0. The molecule has 0 spiro atoms. The average Bonchev–Trinajstić information content (AvgIpc) is 1.46. The van der Waals surface area contributed by atoms with Crippen molar-refractivity contribution < 1.29 is 0 Å². The molecule has 0 radical (unpaired) electrons. The van der Waals surface area contributed by atoms with Crippen LogP contribution in [0, 0.1) is 0 Å². The van der Waals surface area contributed by atoms with Gasteiger partial charge in [0.2, 0.25) is 0 Å². The third kappa shape index (κ3) is 10.0. The van der Waals surface area contributed by atoms with Gasteiger partial charge in [0.25, 0.3) is 0 Å². The second-order valence-electron chi connectivity index (χ2n) is 27.7. The van der Waals surface area contributed by atoms with Gasteiger partial charge in [0.15, 0.2) is 5.82 Å². The monoisotopic (exact) mass is 1380 g/mol. The van der Waals surface area contributed by atoms with Gasteiger partial charge in [-0.1, -0.05) is 273 Å². The molecule has 0 N–H and O–H groups in total. The molecule has 16 aromatic carbocycles. The Morgan fingerprint density at radius 2 is 0.491 bits per heavy atom. The maximum Gasteiger partial charge on any atom is 0.165 e. The summed E-state index contributed by atoms with van der Waals surface area (Å²) in [5.41, 5.74) is 25.3. The van der Waals surface area contributed by atoms with Crippen molar-refractivity contribution in [3.05, 3.63) is 406 Å². The summed E-state index contributed by atoms with van der Waals surface area (Å²) in [6, 6.07) is 149. The van der Waals surface area contributed by atoms with E-state index in [9.17, 15) is 0 Å². The van der Waals surface area contributed by atoms with Crippen LogP contribution in [-0.2, 0) is 0 Å². The minimum atomic E-state index is 0.785. The largest absolute Gasteiger partial charge is 0.310 e. The molecule has 21 aromatic rings. The molecule has 5 heterocycles. The second-order valence-corrected chi connectivity index (χ2v) is 27.7. The zero-order valence-electron chi connectivity index (χ0n) is 58.8. The van der Waals surface area contributed by atoms with Gasteiger partial charge < -0.3 is 18.9 Å². The van der Waals surface area contributed by atoms with Crippen molar-refractivity contribution in [3.8, 4) is 67.5 Å². The highest BCUT2D eigenvalue weighted by molar-refractivity contribution is 6.17. The van der Waals surface area contributed by atoms with E-state index in [1.54, 1.807) is 0 Å². The van der Waals surface area contributed by atoms with Gasteiger partial charge in [-0.2, -0.15) is 0 Å². The number of fused-ring (bicyclic) bond motifs is 12. The molecule has 21 rings (SSSR count). The minimum Gasteiger partial charge on any atom is -0.310 e. The molecule has 108 heavy (non-hydrogen) atoms. The number of hydrogen-bond donors (Lipinski definition) is 0. The Hall–Kier alpha value is -14.5. The number of nitrogens with zero attached hydrogens (tertiary/aromatic N) is 7. The maximum absolute atomic E-state index is 6.57. The van der Waals surface area contributed by atoms with Crippen LogP contribution >= 0.6 is 0 Å². The first-order chi connectivity index (χ1) is 53.7. The summed E-state index contributed by atoms with van der Waals surface area (Å²) in [6.45, 7) is 0. The molecule has 0 aliphatic heterocycles. The maximum atomic E-state index is 6.57. The van der Waals surface area contributed by atoms with E-state index < -0.39 is 0 Å². The lowest BCUT2D eigenvalue weighted by Gasteiger charge is -2.28. The number of aromatic nitrogens is 5. The summed E-state index contributed by atoms with van der Waals surface area (Å²) in [5, 5.41) is 9.10. The van der Waals surface area contributed by atoms with E-state index in [4.69, 9.17) is 4.98 Å². The Labute approximate surface area is 624 Å². The van der Waals surface area contributed by atoms with Gasteiger partial charge in [0.1, 0.15) is 5.82 Å². The Balaban J connectivity index is 0.917. The zero-order chi connectivity index (χ0) is 71.2. The lowest BCUT2D eigenvalue weighted by atomic mass is 9.83. The van der Waals surface area contributed by atoms with E-state index in [1.807, 2.05) is 0 Å².